The predicted octanol–water partition coefficient (Wildman–Crippen LogP) is 5.83. The average molecular weight is 589 g/mol. The summed E-state index contributed by atoms with van der Waals surface area (Å²) in [4.78, 5) is 32.0. The number of hydrogen-bond donors (Lipinski definition) is 0. The minimum Gasteiger partial charge on any atom is -0.462 e. The highest BCUT2D eigenvalue weighted by Gasteiger charge is 2.47. The molecular formula is C31H55Cl2N3O3. The van der Waals surface area contributed by atoms with E-state index in [1.54, 1.807) is 5.57 Å². The Hall–Kier alpha value is -0.820. The van der Waals surface area contributed by atoms with Crippen molar-refractivity contribution in [2.75, 3.05) is 54.4 Å². The van der Waals surface area contributed by atoms with Crippen LogP contribution in [-0.4, -0.2) is 87.0 Å². The molecule has 0 aromatic heterocycles. The summed E-state index contributed by atoms with van der Waals surface area (Å²) < 4.78 is 5.94. The van der Waals surface area contributed by atoms with Crippen molar-refractivity contribution in [2.45, 2.75) is 89.6 Å². The molecule has 6 atom stereocenters. The van der Waals surface area contributed by atoms with Gasteiger partial charge in [-0.15, -0.1) is 24.8 Å². The minimum atomic E-state index is -0.195. The fourth-order valence-electron chi connectivity index (χ4n) is 8.08. The molecule has 226 valence electrons. The maximum Gasteiger partial charge on any atom is 0.306 e. The van der Waals surface area contributed by atoms with E-state index in [9.17, 15) is 9.59 Å². The number of hydrogen-bond acceptors (Lipinski definition) is 5. The molecule has 0 bridgehead atoms. The van der Waals surface area contributed by atoms with Crippen LogP contribution in [0.2, 0.25) is 0 Å². The lowest BCUT2D eigenvalue weighted by Crippen LogP contribution is -2.41. The highest BCUT2D eigenvalue weighted by atomic mass is 35.5. The SMILES string of the molecule is CN(C)CCCN(CCCN(C)C)C(=O)CCC(=O)OC1CCC2C(=CCC3C4CCCC4CCC23)C1.Cl.Cl. The first-order valence-corrected chi connectivity index (χ1v) is 15.3. The van der Waals surface area contributed by atoms with Gasteiger partial charge in [0.2, 0.25) is 5.91 Å². The van der Waals surface area contributed by atoms with Crippen molar-refractivity contribution in [2.24, 2.45) is 29.6 Å². The Bertz CT molecular complexity index is 792. The normalized spacial score (nSPS) is 29.3. The monoisotopic (exact) mass is 587 g/mol. The summed E-state index contributed by atoms with van der Waals surface area (Å²) in [5, 5.41) is 0. The van der Waals surface area contributed by atoms with E-state index in [4.69, 9.17) is 4.74 Å². The number of carbonyl (C=O) groups is 2. The van der Waals surface area contributed by atoms with Crippen LogP contribution in [0, 0.1) is 29.6 Å². The molecule has 0 aromatic carbocycles. The van der Waals surface area contributed by atoms with Gasteiger partial charge >= 0.3 is 5.97 Å². The Morgan fingerprint density at radius 3 is 2.15 bits per heavy atom. The summed E-state index contributed by atoms with van der Waals surface area (Å²) in [7, 11) is 8.24. The fourth-order valence-corrected chi connectivity index (χ4v) is 8.08. The first-order chi connectivity index (χ1) is 17.8. The molecule has 0 N–H and O–H groups in total. The van der Waals surface area contributed by atoms with Crippen LogP contribution < -0.4 is 0 Å². The van der Waals surface area contributed by atoms with Gasteiger partial charge in [-0.3, -0.25) is 9.59 Å². The lowest BCUT2D eigenvalue weighted by Gasteiger charge is -2.49. The molecule has 0 spiro atoms. The summed E-state index contributed by atoms with van der Waals surface area (Å²) in [6.45, 7) is 3.42. The molecule has 3 fully saturated rings. The number of esters is 1. The van der Waals surface area contributed by atoms with Crippen LogP contribution in [0.15, 0.2) is 11.6 Å². The fraction of sp³-hybridized carbons (Fsp3) is 0.871. The third-order valence-corrected chi connectivity index (χ3v) is 9.86. The van der Waals surface area contributed by atoms with Gasteiger partial charge in [0.1, 0.15) is 6.10 Å². The molecular weight excluding hydrogens is 533 g/mol. The van der Waals surface area contributed by atoms with E-state index >= 15 is 0 Å². The van der Waals surface area contributed by atoms with Crippen molar-refractivity contribution >= 4 is 36.7 Å². The third-order valence-electron chi connectivity index (χ3n) is 9.86. The van der Waals surface area contributed by atoms with Crippen molar-refractivity contribution in [1.29, 1.82) is 0 Å². The zero-order valence-electron chi connectivity index (χ0n) is 24.9. The van der Waals surface area contributed by atoms with Gasteiger partial charge in [-0.1, -0.05) is 24.5 Å². The molecule has 0 aliphatic heterocycles. The van der Waals surface area contributed by atoms with Gasteiger partial charge in [-0.2, -0.15) is 0 Å². The van der Waals surface area contributed by atoms with Crippen LogP contribution in [0.25, 0.3) is 0 Å². The maximum atomic E-state index is 13.0. The quantitative estimate of drug-likeness (QED) is 0.212. The number of ether oxygens (including phenoxy) is 1. The molecule has 3 saturated carbocycles. The van der Waals surface area contributed by atoms with Crippen LogP contribution >= 0.6 is 24.8 Å². The van der Waals surface area contributed by atoms with Crippen molar-refractivity contribution in [3.63, 3.8) is 0 Å². The maximum absolute atomic E-state index is 13.0. The van der Waals surface area contributed by atoms with Crippen LogP contribution in [0.1, 0.15) is 83.5 Å². The number of fused-ring (bicyclic) bond motifs is 5. The average Bonchev–Trinajstić information content (AvgIpc) is 3.35. The first kappa shape index (κ1) is 34.4. The van der Waals surface area contributed by atoms with Crippen molar-refractivity contribution in [3.8, 4) is 0 Å². The third kappa shape index (κ3) is 9.61. The molecule has 4 rings (SSSR count). The summed E-state index contributed by atoms with van der Waals surface area (Å²) in [6, 6.07) is 0. The predicted molar refractivity (Wildman–Crippen MR) is 164 cm³/mol. The number of rotatable bonds is 12. The molecule has 1 amide bonds. The van der Waals surface area contributed by atoms with E-state index in [0.717, 1.165) is 81.5 Å². The van der Waals surface area contributed by atoms with Gasteiger partial charge < -0.3 is 19.4 Å². The molecule has 8 heteroatoms. The number of halogens is 2. The Morgan fingerprint density at radius 2 is 1.49 bits per heavy atom. The van der Waals surface area contributed by atoms with Crippen LogP contribution in [0.3, 0.4) is 0 Å². The van der Waals surface area contributed by atoms with Gasteiger partial charge in [0, 0.05) is 25.9 Å². The van der Waals surface area contributed by atoms with E-state index in [0.29, 0.717) is 0 Å². The Balaban J connectivity index is 0.00000267. The molecule has 39 heavy (non-hydrogen) atoms. The molecule has 4 aliphatic rings. The molecule has 6 unspecified atom stereocenters. The van der Waals surface area contributed by atoms with Crippen molar-refractivity contribution < 1.29 is 14.3 Å². The number of amides is 1. The molecule has 4 aliphatic carbocycles. The van der Waals surface area contributed by atoms with Crippen LogP contribution in [0.4, 0.5) is 0 Å². The highest BCUT2D eigenvalue weighted by molar-refractivity contribution is 5.85. The number of allylic oxidation sites excluding steroid dienone is 1. The smallest absolute Gasteiger partial charge is 0.306 e. The van der Waals surface area contributed by atoms with Gasteiger partial charge in [0.05, 0.1) is 6.42 Å². The van der Waals surface area contributed by atoms with E-state index in [1.165, 1.54) is 44.9 Å². The number of nitrogens with zero attached hydrogens (tertiary/aromatic N) is 3. The van der Waals surface area contributed by atoms with E-state index in [-0.39, 0.29) is 55.6 Å². The molecule has 0 aromatic rings. The van der Waals surface area contributed by atoms with E-state index < -0.39 is 0 Å². The van der Waals surface area contributed by atoms with Gasteiger partial charge in [0.25, 0.3) is 0 Å². The summed E-state index contributed by atoms with van der Waals surface area (Å²) in [5.41, 5.74) is 1.57. The molecule has 0 radical (unpaired) electrons. The van der Waals surface area contributed by atoms with Crippen LogP contribution in [0.5, 0.6) is 0 Å². The zero-order valence-corrected chi connectivity index (χ0v) is 26.6. The van der Waals surface area contributed by atoms with Crippen LogP contribution in [-0.2, 0) is 14.3 Å². The van der Waals surface area contributed by atoms with Crippen molar-refractivity contribution in [3.05, 3.63) is 11.6 Å². The Labute approximate surface area is 250 Å². The second kappa shape index (κ2) is 16.6. The van der Waals surface area contributed by atoms with Crippen molar-refractivity contribution in [1.82, 2.24) is 14.7 Å². The molecule has 0 heterocycles. The summed E-state index contributed by atoms with van der Waals surface area (Å²) in [6.07, 6.45) is 16.5. The highest BCUT2D eigenvalue weighted by Crippen LogP contribution is 2.56. The Kier molecular flexibility index (Phi) is 14.6. The topological polar surface area (TPSA) is 53.1 Å². The lowest BCUT2D eigenvalue weighted by molar-refractivity contribution is -0.152. The Morgan fingerprint density at radius 1 is 0.795 bits per heavy atom. The summed E-state index contributed by atoms with van der Waals surface area (Å²) in [5.74, 6) is 4.40. The van der Waals surface area contributed by atoms with Gasteiger partial charge in [-0.25, -0.2) is 0 Å². The molecule has 0 saturated heterocycles. The largest absolute Gasteiger partial charge is 0.462 e. The number of carbonyl (C=O) groups excluding carboxylic acids is 2. The summed E-state index contributed by atoms with van der Waals surface area (Å²) >= 11 is 0. The first-order valence-electron chi connectivity index (χ1n) is 15.3. The minimum absolute atomic E-state index is 0. The van der Waals surface area contributed by atoms with Gasteiger partial charge in [0.15, 0.2) is 0 Å². The zero-order chi connectivity index (χ0) is 26.4. The van der Waals surface area contributed by atoms with E-state index in [1.807, 2.05) is 4.90 Å². The second-order valence-electron chi connectivity index (χ2n) is 13.0. The molecule has 6 nitrogen and oxygen atoms in total. The van der Waals surface area contributed by atoms with E-state index in [2.05, 4.69) is 44.1 Å². The standard InChI is InChI=1S/C31H53N3O3.2ClH/c1-32(2)18-6-20-34(21-7-19-33(3)4)30(35)16-17-31(36)37-25-12-15-27-24(22-25)11-14-28-26-9-5-8-23(26)10-13-29(27)28;;/h11,23,25-29H,5-10,12-22H2,1-4H3;2*1H. The second-order valence-corrected chi connectivity index (χ2v) is 13.0. The lowest BCUT2D eigenvalue weighted by atomic mass is 9.57. The van der Waals surface area contributed by atoms with Gasteiger partial charge in [-0.05, 0) is 122 Å².